The van der Waals surface area contributed by atoms with Crippen LogP contribution in [-0.4, -0.2) is 21.6 Å². The summed E-state index contributed by atoms with van der Waals surface area (Å²) in [4.78, 5) is 26.4. The van der Waals surface area contributed by atoms with Crippen molar-refractivity contribution in [2.45, 2.75) is 6.92 Å². The minimum Gasteiger partial charge on any atom is -0.462 e. The van der Waals surface area contributed by atoms with Gasteiger partial charge in [-0.15, -0.1) is 0 Å². The average Bonchev–Trinajstić information content (AvgIpc) is 3.06. The monoisotopic (exact) mass is 382 g/mol. The van der Waals surface area contributed by atoms with Crippen molar-refractivity contribution in [2.75, 3.05) is 6.61 Å². The Morgan fingerprint density at radius 1 is 0.793 bits per heavy atom. The molecular formula is C24H18N2O3. The first-order chi connectivity index (χ1) is 14.2. The summed E-state index contributed by atoms with van der Waals surface area (Å²) in [5.41, 5.74) is 3.21. The number of para-hydroxylation sites is 2. The number of carbonyl (C=O) groups excluding carboxylic acids is 1. The van der Waals surface area contributed by atoms with Gasteiger partial charge < -0.3 is 4.74 Å². The Morgan fingerprint density at radius 2 is 1.38 bits per heavy atom. The van der Waals surface area contributed by atoms with E-state index in [2.05, 4.69) is 0 Å². The summed E-state index contributed by atoms with van der Waals surface area (Å²) in [6, 6.07) is 24.5. The van der Waals surface area contributed by atoms with E-state index in [1.807, 2.05) is 83.4 Å². The lowest BCUT2D eigenvalue weighted by molar-refractivity contribution is 0.0529. The van der Waals surface area contributed by atoms with Crippen LogP contribution in [0.3, 0.4) is 0 Å². The number of hydrogen-bond donors (Lipinski definition) is 0. The third-order valence-corrected chi connectivity index (χ3v) is 5.13. The Morgan fingerprint density at radius 3 is 2.07 bits per heavy atom. The van der Waals surface area contributed by atoms with E-state index in [0.29, 0.717) is 27.5 Å². The number of benzene rings is 3. The zero-order valence-corrected chi connectivity index (χ0v) is 15.8. The van der Waals surface area contributed by atoms with E-state index in [1.54, 1.807) is 11.4 Å². The summed E-state index contributed by atoms with van der Waals surface area (Å²) in [6.07, 6.45) is 0. The molecule has 0 bridgehead atoms. The van der Waals surface area contributed by atoms with Gasteiger partial charge in [-0.25, -0.2) is 13.8 Å². The molecule has 2 heterocycles. The summed E-state index contributed by atoms with van der Waals surface area (Å²) in [6.45, 7) is 2.06. The molecule has 142 valence electrons. The fourth-order valence-corrected chi connectivity index (χ4v) is 3.97. The maximum atomic E-state index is 13.3. The topological polar surface area (TPSA) is 52.2 Å². The molecule has 0 N–H and O–H groups in total. The number of rotatable bonds is 3. The van der Waals surface area contributed by atoms with Crippen molar-refractivity contribution in [2.24, 2.45) is 0 Å². The zero-order valence-electron chi connectivity index (χ0n) is 15.8. The van der Waals surface area contributed by atoms with Crippen molar-refractivity contribution in [1.29, 1.82) is 0 Å². The Bertz CT molecular complexity index is 1450. The average molecular weight is 382 g/mol. The Labute approximate surface area is 166 Å². The highest BCUT2D eigenvalue weighted by Crippen LogP contribution is 2.32. The van der Waals surface area contributed by atoms with Crippen LogP contribution in [0.2, 0.25) is 0 Å². The molecule has 5 nitrogen and oxygen atoms in total. The third kappa shape index (κ3) is 2.48. The van der Waals surface area contributed by atoms with E-state index in [4.69, 9.17) is 4.74 Å². The second-order valence-corrected chi connectivity index (χ2v) is 6.77. The fourth-order valence-electron chi connectivity index (χ4n) is 3.97. The van der Waals surface area contributed by atoms with Gasteiger partial charge in [0.15, 0.2) is 0 Å². The van der Waals surface area contributed by atoms with E-state index in [-0.39, 0.29) is 12.2 Å². The molecule has 29 heavy (non-hydrogen) atoms. The highest BCUT2D eigenvalue weighted by molar-refractivity contribution is 6.09. The summed E-state index contributed by atoms with van der Waals surface area (Å²) in [5, 5.41) is 1.28. The van der Waals surface area contributed by atoms with Gasteiger partial charge in [-0.2, -0.15) is 0 Å². The van der Waals surface area contributed by atoms with Crippen molar-refractivity contribution < 1.29 is 9.53 Å². The highest BCUT2D eigenvalue weighted by atomic mass is 16.5. The molecule has 0 spiro atoms. The number of fused-ring (bicyclic) bond motifs is 5. The van der Waals surface area contributed by atoms with Gasteiger partial charge in [-0.3, -0.25) is 4.79 Å². The SMILES string of the molecule is CCOC(=O)c1c(-c2ccccc2)n2c3ccccc3c(=O)n2c2ccccc12. The quantitative estimate of drug-likeness (QED) is 0.430. The second-order valence-electron chi connectivity index (χ2n) is 6.77. The molecule has 2 aromatic heterocycles. The van der Waals surface area contributed by atoms with Gasteiger partial charge in [0.25, 0.3) is 5.56 Å². The van der Waals surface area contributed by atoms with E-state index >= 15 is 0 Å². The van der Waals surface area contributed by atoms with Gasteiger partial charge >= 0.3 is 5.97 Å². The summed E-state index contributed by atoms with van der Waals surface area (Å²) in [7, 11) is 0. The lowest BCUT2D eigenvalue weighted by atomic mass is 10.0. The minimum atomic E-state index is -0.407. The largest absolute Gasteiger partial charge is 0.462 e. The van der Waals surface area contributed by atoms with Crippen LogP contribution in [0.1, 0.15) is 17.3 Å². The summed E-state index contributed by atoms with van der Waals surface area (Å²) in [5.74, 6) is -0.407. The van der Waals surface area contributed by atoms with Crippen LogP contribution in [0.5, 0.6) is 0 Å². The third-order valence-electron chi connectivity index (χ3n) is 5.13. The van der Waals surface area contributed by atoms with Crippen molar-refractivity contribution >= 4 is 27.8 Å². The van der Waals surface area contributed by atoms with Gasteiger partial charge in [0.1, 0.15) is 0 Å². The number of carbonyl (C=O) groups is 1. The highest BCUT2D eigenvalue weighted by Gasteiger charge is 2.25. The van der Waals surface area contributed by atoms with E-state index in [0.717, 1.165) is 11.1 Å². The minimum absolute atomic E-state index is 0.121. The predicted molar refractivity (Wildman–Crippen MR) is 114 cm³/mol. The van der Waals surface area contributed by atoms with Gasteiger partial charge in [0.05, 0.1) is 34.3 Å². The van der Waals surface area contributed by atoms with Gasteiger partial charge in [0, 0.05) is 10.9 Å². The number of nitrogens with zero attached hydrogens (tertiary/aromatic N) is 2. The lowest BCUT2D eigenvalue weighted by Crippen LogP contribution is -2.18. The molecule has 0 saturated heterocycles. The molecule has 5 aromatic rings. The van der Waals surface area contributed by atoms with Gasteiger partial charge in [-0.1, -0.05) is 60.7 Å². The van der Waals surface area contributed by atoms with Crippen LogP contribution in [0, 0.1) is 0 Å². The fraction of sp³-hybridized carbons (Fsp3) is 0.0833. The molecular weight excluding hydrogens is 364 g/mol. The number of hydrogen-bond acceptors (Lipinski definition) is 3. The van der Waals surface area contributed by atoms with Crippen molar-refractivity contribution in [3.63, 3.8) is 0 Å². The molecule has 0 aliphatic rings. The van der Waals surface area contributed by atoms with Crippen LogP contribution >= 0.6 is 0 Å². The van der Waals surface area contributed by atoms with E-state index in [1.165, 1.54) is 0 Å². The molecule has 5 heteroatoms. The molecule has 3 aromatic carbocycles. The molecule has 0 unspecified atom stereocenters. The summed E-state index contributed by atoms with van der Waals surface area (Å²) >= 11 is 0. The Hall–Kier alpha value is -3.86. The van der Waals surface area contributed by atoms with E-state index in [9.17, 15) is 9.59 Å². The molecule has 0 radical (unpaired) electrons. The first-order valence-electron chi connectivity index (χ1n) is 9.52. The first kappa shape index (κ1) is 17.3. The summed E-state index contributed by atoms with van der Waals surface area (Å²) < 4.78 is 8.91. The van der Waals surface area contributed by atoms with E-state index < -0.39 is 5.97 Å². The maximum Gasteiger partial charge on any atom is 0.341 e. The molecule has 5 rings (SSSR count). The second kappa shape index (κ2) is 6.63. The number of ether oxygens (including phenoxy) is 1. The lowest BCUT2D eigenvalue weighted by Gasteiger charge is -2.17. The molecule has 0 atom stereocenters. The van der Waals surface area contributed by atoms with Gasteiger partial charge in [0.2, 0.25) is 0 Å². The van der Waals surface area contributed by atoms with Crippen LogP contribution in [-0.2, 0) is 4.74 Å². The van der Waals surface area contributed by atoms with Crippen LogP contribution in [0.15, 0.2) is 83.7 Å². The normalized spacial score (nSPS) is 11.3. The number of aromatic nitrogens is 2. The van der Waals surface area contributed by atoms with Gasteiger partial charge in [-0.05, 0) is 25.1 Å². The van der Waals surface area contributed by atoms with Crippen LogP contribution < -0.4 is 5.56 Å². The smallest absolute Gasteiger partial charge is 0.341 e. The molecule has 0 amide bonds. The standard InChI is InChI=1S/C24H18N2O3/c1-2-29-24(28)21-17-12-6-8-14-19(17)26-23(27)18-13-7-9-15-20(18)25(26)22(21)16-10-4-3-5-11-16/h3-15H,2H2,1H3. The van der Waals surface area contributed by atoms with Crippen LogP contribution in [0.25, 0.3) is 33.1 Å². The Balaban J connectivity index is 2.13. The molecule has 0 fully saturated rings. The van der Waals surface area contributed by atoms with Crippen molar-refractivity contribution in [1.82, 2.24) is 9.03 Å². The zero-order chi connectivity index (χ0) is 20.0. The van der Waals surface area contributed by atoms with Crippen molar-refractivity contribution in [3.05, 3.63) is 94.8 Å². The number of esters is 1. The maximum absolute atomic E-state index is 13.3. The van der Waals surface area contributed by atoms with Crippen LogP contribution in [0.4, 0.5) is 0 Å². The van der Waals surface area contributed by atoms with Crippen molar-refractivity contribution in [3.8, 4) is 11.3 Å². The molecule has 0 aliphatic carbocycles. The molecule has 0 saturated carbocycles. The molecule has 0 aliphatic heterocycles. The predicted octanol–water partition coefficient (Wildman–Crippen LogP) is 4.55. The first-order valence-corrected chi connectivity index (χ1v) is 9.52. The Kier molecular flexibility index (Phi) is 3.95.